The van der Waals surface area contributed by atoms with Crippen molar-refractivity contribution in [2.45, 2.75) is 11.3 Å². The number of aromatic nitrogens is 2. The van der Waals surface area contributed by atoms with Crippen LogP contribution in [0, 0.1) is 0 Å². The van der Waals surface area contributed by atoms with Crippen molar-refractivity contribution < 1.29 is 13.9 Å². The van der Waals surface area contributed by atoms with Gasteiger partial charge in [0.25, 0.3) is 0 Å². The van der Waals surface area contributed by atoms with Crippen molar-refractivity contribution in [3.05, 3.63) is 30.0 Å². The zero-order chi connectivity index (χ0) is 14.8. The predicted octanol–water partition coefficient (Wildman–Crippen LogP) is 3.85. The number of thiazole rings is 1. The maximum atomic E-state index is 12.0. The van der Waals surface area contributed by atoms with E-state index in [-0.39, 0.29) is 5.69 Å². The highest BCUT2D eigenvalue weighted by Gasteiger charge is 2.24. The number of ether oxygens (including phenoxy) is 1. The lowest BCUT2D eigenvalue weighted by Crippen LogP contribution is -2.06. The van der Waals surface area contributed by atoms with E-state index in [0.29, 0.717) is 23.0 Å². The number of hydrogen-bond donors (Lipinski definition) is 0. The van der Waals surface area contributed by atoms with Gasteiger partial charge in [0.05, 0.1) is 6.61 Å². The van der Waals surface area contributed by atoms with E-state index in [1.54, 1.807) is 6.92 Å². The molecule has 0 saturated heterocycles. The maximum absolute atomic E-state index is 12.0. The molecule has 0 bridgehead atoms. The van der Waals surface area contributed by atoms with Crippen LogP contribution in [0.3, 0.4) is 0 Å². The van der Waals surface area contributed by atoms with E-state index in [2.05, 4.69) is 9.97 Å². The van der Waals surface area contributed by atoms with Crippen LogP contribution >= 0.6 is 23.1 Å². The van der Waals surface area contributed by atoms with E-state index in [4.69, 9.17) is 9.15 Å². The van der Waals surface area contributed by atoms with Gasteiger partial charge < -0.3 is 9.15 Å². The van der Waals surface area contributed by atoms with Gasteiger partial charge in [-0.25, -0.2) is 14.8 Å². The number of benzene rings is 1. The summed E-state index contributed by atoms with van der Waals surface area (Å²) in [6, 6.07) is 7.47. The Hall–Kier alpha value is -1.86. The summed E-state index contributed by atoms with van der Waals surface area (Å²) in [6.07, 6.45) is 1.91. The number of rotatable bonds is 4. The summed E-state index contributed by atoms with van der Waals surface area (Å²) in [5.41, 5.74) is 1.69. The average Bonchev–Trinajstić information content (AvgIpc) is 3.11. The molecular weight excluding hydrogens is 308 g/mol. The Morgan fingerprint density at radius 1 is 1.38 bits per heavy atom. The lowest BCUT2D eigenvalue weighted by Gasteiger charge is -1.98. The number of para-hydroxylation sites is 2. The van der Waals surface area contributed by atoms with Gasteiger partial charge in [-0.05, 0) is 25.3 Å². The second kappa shape index (κ2) is 5.87. The lowest BCUT2D eigenvalue weighted by atomic mass is 10.3. The van der Waals surface area contributed by atoms with Crippen LogP contribution in [0.25, 0.3) is 21.9 Å². The van der Waals surface area contributed by atoms with Gasteiger partial charge in [-0.3, -0.25) is 0 Å². The number of carbonyl (C=O) groups excluding carboxylic acids is 1. The smallest absolute Gasteiger partial charge is 0.358 e. The van der Waals surface area contributed by atoms with Crippen molar-refractivity contribution in [3.63, 3.8) is 0 Å². The molecule has 7 heteroatoms. The van der Waals surface area contributed by atoms with Gasteiger partial charge in [-0.2, -0.15) is 0 Å². The number of oxazole rings is 1. The van der Waals surface area contributed by atoms with E-state index in [9.17, 15) is 4.79 Å². The molecule has 0 unspecified atom stereocenters. The molecule has 0 aliphatic carbocycles. The van der Waals surface area contributed by atoms with Gasteiger partial charge in [-0.15, -0.1) is 11.3 Å². The van der Waals surface area contributed by atoms with Crippen molar-refractivity contribution in [3.8, 4) is 10.8 Å². The molecule has 0 spiro atoms. The lowest BCUT2D eigenvalue weighted by molar-refractivity contribution is 0.0520. The molecule has 5 nitrogen and oxygen atoms in total. The van der Waals surface area contributed by atoms with Gasteiger partial charge in [0.15, 0.2) is 15.6 Å². The third-order valence-electron chi connectivity index (χ3n) is 2.74. The third-order valence-corrected chi connectivity index (χ3v) is 4.77. The number of fused-ring (bicyclic) bond motifs is 1. The Morgan fingerprint density at radius 2 is 2.19 bits per heavy atom. The molecule has 0 N–H and O–H groups in total. The first-order valence-electron chi connectivity index (χ1n) is 6.30. The summed E-state index contributed by atoms with van der Waals surface area (Å²) < 4.78 is 11.5. The van der Waals surface area contributed by atoms with Crippen molar-refractivity contribution >= 4 is 40.2 Å². The summed E-state index contributed by atoms with van der Waals surface area (Å²) >= 11 is 2.85. The normalized spacial score (nSPS) is 11.0. The quantitative estimate of drug-likeness (QED) is 0.537. The number of hydrogen-bond acceptors (Lipinski definition) is 7. The van der Waals surface area contributed by atoms with Crippen LogP contribution < -0.4 is 0 Å². The maximum Gasteiger partial charge on any atom is 0.358 e. The number of carbonyl (C=O) groups is 1. The summed E-state index contributed by atoms with van der Waals surface area (Å²) in [6.45, 7) is 2.07. The van der Waals surface area contributed by atoms with E-state index < -0.39 is 5.97 Å². The molecule has 0 saturated carbocycles. The second-order valence-electron chi connectivity index (χ2n) is 4.07. The fraction of sp³-hybridized carbons (Fsp3) is 0.214. The molecule has 0 atom stereocenters. The Labute approximate surface area is 129 Å². The molecule has 0 radical (unpaired) electrons. The zero-order valence-corrected chi connectivity index (χ0v) is 13.1. The first-order valence-corrected chi connectivity index (χ1v) is 8.35. The molecule has 2 aromatic heterocycles. The van der Waals surface area contributed by atoms with Gasteiger partial charge in [0.2, 0.25) is 5.89 Å². The van der Waals surface area contributed by atoms with Crippen LogP contribution in [0.1, 0.15) is 17.4 Å². The highest BCUT2D eigenvalue weighted by molar-refractivity contribution is 8.00. The van der Waals surface area contributed by atoms with Crippen LogP contribution in [0.5, 0.6) is 0 Å². The van der Waals surface area contributed by atoms with Crippen LogP contribution in [0.15, 0.2) is 33.0 Å². The van der Waals surface area contributed by atoms with E-state index in [1.807, 2.05) is 30.5 Å². The van der Waals surface area contributed by atoms with E-state index in [0.717, 1.165) is 9.86 Å². The van der Waals surface area contributed by atoms with Crippen molar-refractivity contribution in [1.29, 1.82) is 0 Å². The number of thioether (sulfide) groups is 1. The Morgan fingerprint density at radius 3 is 2.90 bits per heavy atom. The topological polar surface area (TPSA) is 65.2 Å². The van der Waals surface area contributed by atoms with Crippen LogP contribution in [-0.4, -0.2) is 28.8 Å². The minimum Gasteiger partial charge on any atom is -0.461 e. The summed E-state index contributed by atoms with van der Waals surface area (Å²) in [5, 5.41) is 0. The van der Waals surface area contributed by atoms with Crippen molar-refractivity contribution in [1.82, 2.24) is 9.97 Å². The zero-order valence-electron chi connectivity index (χ0n) is 11.5. The molecule has 21 heavy (non-hydrogen) atoms. The highest BCUT2D eigenvalue weighted by atomic mass is 32.2. The minimum absolute atomic E-state index is 0.262. The van der Waals surface area contributed by atoms with Crippen LogP contribution in [0.4, 0.5) is 0 Å². The molecule has 0 aliphatic heterocycles. The van der Waals surface area contributed by atoms with E-state index in [1.165, 1.54) is 23.1 Å². The molecule has 3 aromatic rings. The Kier molecular flexibility index (Phi) is 3.94. The van der Waals surface area contributed by atoms with Gasteiger partial charge in [0, 0.05) is 0 Å². The molecule has 3 rings (SSSR count). The standard InChI is InChI=1S/C14H12N2O3S2/c1-3-18-13(17)10-11(21-14(16-10)20-2)12-15-8-6-4-5-7-9(8)19-12/h4-7H,3H2,1-2H3. The number of nitrogens with zero attached hydrogens (tertiary/aromatic N) is 2. The average molecular weight is 320 g/mol. The first kappa shape index (κ1) is 14.1. The summed E-state index contributed by atoms with van der Waals surface area (Å²) in [4.78, 5) is 21.4. The largest absolute Gasteiger partial charge is 0.461 e. The monoisotopic (exact) mass is 320 g/mol. The summed E-state index contributed by atoms with van der Waals surface area (Å²) in [5.74, 6) is -0.0524. The van der Waals surface area contributed by atoms with Crippen molar-refractivity contribution in [2.75, 3.05) is 12.9 Å². The SMILES string of the molecule is CCOC(=O)c1nc(SC)sc1-c1nc2ccccc2o1. The molecule has 108 valence electrons. The Bertz CT molecular complexity index is 761. The fourth-order valence-electron chi connectivity index (χ4n) is 1.84. The van der Waals surface area contributed by atoms with Crippen LogP contribution in [0.2, 0.25) is 0 Å². The predicted molar refractivity (Wildman–Crippen MR) is 82.9 cm³/mol. The molecule has 0 amide bonds. The van der Waals surface area contributed by atoms with Gasteiger partial charge >= 0.3 is 5.97 Å². The molecule has 0 fully saturated rings. The molecule has 0 aliphatic rings. The van der Waals surface area contributed by atoms with Crippen molar-refractivity contribution in [2.24, 2.45) is 0 Å². The summed E-state index contributed by atoms with van der Waals surface area (Å²) in [7, 11) is 0. The molecular formula is C14H12N2O3S2. The van der Waals surface area contributed by atoms with Gasteiger partial charge in [-0.1, -0.05) is 23.9 Å². The Balaban J connectivity index is 2.11. The van der Waals surface area contributed by atoms with Gasteiger partial charge in [0.1, 0.15) is 10.4 Å². The molecule has 1 aromatic carbocycles. The second-order valence-corrected chi connectivity index (χ2v) is 6.12. The highest BCUT2D eigenvalue weighted by Crippen LogP contribution is 2.35. The minimum atomic E-state index is -0.452. The number of esters is 1. The third kappa shape index (κ3) is 2.66. The van der Waals surface area contributed by atoms with E-state index >= 15 is 0 Å². The fourth-order valence-corrected chi connectivity index (χ4v) is 3.32. The first-order chi connectivity index (χ1) is 10.2. The van der Waals surface area contributed by atoms with Crippen LogP contribution in [-0.2, 0) is 4.74 Å². The molecule has 2 heterocycles.